The van der Waals surface area contributed by atoms with E-state index in [4.69, 9.17) is 25.8 Å². The number of carbonyl (C=O) groups is 2. The van der Waals surface area contributed by atoms with Gasteiger partial charge in [0.25, 0.3) is 5.91 Å². The monoisotopic (exact) mass is 587 g/mol. The molecule has 214 valence electrons. The lowest BCUT2D eigenvalue weighted by molar-refractivity contribution is -0.187. The minimum atomic E-state index is -3.11. The van der Waals surface area contributed by atoms with Gasteiger partial charge in [-0.2, -0.15) is 19.0 Å². The van der Waals surface area contributed by atoms with Crippen molar-refractivity contribution >= 4 is 34.7 Å². The largest absolute Gasteiger partial charge is 0.434 e. The van der Waals surface area contributed by atoms with Gasteiger partial charge in [-0.15, -0.1) is 0 Å². The van der Waals surface area contributed by atoms with Crippen LogP contribution in [0.15, 0.2) is 49.1 Å². The van der Waals surface area contributed by atoms with Crippen LogP contribution in [0.25, 0.3) is 16.9 Å². The zero-order chi connectivity index (χ0) is 28.6. The molecule has 4 aromatic rings. The van der Waals surface area contributed by atoms with Crippen molar-refractivity contribution in [2.24, 2.45) is 0 Å². The maximum Gasteiger partial charge on any atom is 0.387 e. The first kappa shape index (κ1) is 27.1. The van der Waals surface area contributed by atoms with Gasteiger partial charge in [-0.1, -0.05) is 11.6 Å². The SMILES string of the molecule is O=C(Nc1cn(CC(=O)N2CCC3(CC2)OCCO3)nc1-c1cc(Cl)ccc1OC(F)F)c1cnn2cccnc12. The van der Waals surface area contributed by atoms with Gasteiger partial charge in [-0.25, -0.2) is 9.50 Å². The second-order valence-corrected chi connectivity index (χ2v) is 9.93. The number of nitrogens with zero attached hydrogens (tertiary/aromatic N) is 6. The number of anilines is 1. The fourth-order valence-corrected chi connectivity index (χ4v) is 5.15. The Morgan fingerprint density at radius 3 is 2.73 bits per heavy atom. The van der Waals surface area contributed by atoms with Gasteiger partial charge in [-0.3, -0.25) is 14.3 Å². The van der Waals surface area contributed by atoms with Crippen LogP contribution in [0.4, 0.5) is 14.5 Å². The van der Waals surface area contributed by atoms with E-state index in [1.807, 2.05) is 0 Å². The maximum absolute atomic E-state index is 13.3. The second kappa shape index (κ2) is 11.0. The molecule has 0 bridgehead atoms. The van der Waals surface area contributed by atoms with Crippen LogP contribution in [0.5, 0.6) is 5.75 Å². The third-order valence-electron chi connectivity index (χ3n) is 6.94. The van der Waals surface area contributed by atoms with Crippen molar-refractivity contribution in [3.05, 3.63) is 59.6 Å². The van der Waals surface area contributed by atoms with Crippen LogP contribution in [0.1, 0.15) is 23.2 Å². The van der Waals surface area contributed by atoms with E-state index in [9.17, 15) is 18.4 Å². The number of likely N-dealkylation sites (tertiary alicyclic amines) is 1. The number of fused-ring (bicyclic) bond motifs is 1. The van der Waals surface area contributed by atoms with E-state index < -0.39 is 18.3 Å². The lowest BCUT2D eigenvalue weighted by Gasteiger charge is -2.37. The Morgan fingerprint density at radius 2 is 1.98 bits per heavy atom. The molecule has 15 heteroatoms. The third kappa shape index (κ3) is 5.58. The zero-order valence-electron chi connectivity index (χ0n) is 21.5. The van der Waals surface area contributed by atoms with E-state index in [1.54, 1.807) is 17.2 Å². The summed E-state index contributed by atoms with van der Waals surface area (Å²) in [5.74, 6) is -1.62. The summed E-state index contributed by atoms with van der Waals surface area (Å²) < 4.78 is 45.4. The molecule has 12 nitrogen and oxygen atoms in total. The first-order valence-corrected chi connectivity index (χ1v) is 13.2. The van der Waals surface area contributed by atoms with E-state index in [0.29, 0.717) is 44.8 Å². The van der Waals surface area contributed by atoms with Gasteiger partial charge in [0.1, 0.15) is 23.6 Å². The lowest BCUT2D eigenvalue weighted by Crippen LogP contribution is -2.48. The Hall–Kier alpha value is -4.14. The van der Waals surface area contributed by atoms with Gasteiger partial charge in [0.05, 0.1) is 25.1 Å². The molecule has 2 fully saturated rings. The van der Waals surface area contributed by atoms with Crippen molar-refractivity contribution in [2.45, 2.75) is 31.8 Å². The van der Waals surface area contributed by atoms with E-state index >= 15 is 0 Å². The number of benzene rings is 1. The zero-order valence-corrected chi connectivity index (χ0v) is 22.3. The Balaban J connectivity index is 1.30. The van der Waals surface area contributed by atoms with Crippen LogP contribution in [0, 0.1) is 0 Å². The van der Waals surface area contributed by atoms with Gasteiger partial charge >= 0.3 is 6.61 Å². The number of ether oxygens (including phenoxy) is 3. The molecule has 1 spiro atoms. The van der Waals surface area contributed by atoms with Gasteiger partial charge < -0.3 is 24.4 Å². The van der Waals surface area contributed by atoms with Crippen LogP contribution in [0.3, 0.4) is 0 Å². The van der Waals surface area contributed by atoms with Crippen LogP contribution < -0.4 is 10.1 Å². The highest BCUT2D eigenvalue weighted by atomic mass is 35.5. The third-order valence-corrected chi connectivity index (χ3v) is 7.17. The Bertz CT molecular complexity index is 1590. The second-order valence-electron chi connectivity index (χ2n) is 9.50. The predicted octanol–water partition coefficient (Wildman–Crippen LogP) is 3.47. The van der Waals surface area contributed by atoms with Crippen molar-refractivity contribution in [3.63, 3.8) is 0 Å². The van der Waals surface area contributed by atoms with Crippen molar-refractivity contribution in [3.8, 4) is 17.0 Å². The quantitative estimate of drug-likeness (QED) is 0.348. The Kier molecular flexibility index (Phi) is 7.28. The summed E-state index contributed by atoms with van der Waals surface area (Å²) >= 11 is 6.19. The van der Waals surface area contributed by atoms with Crippen molar-refractivity contribution < 1.29 is 32.6 Å². The van der Waals surface area contributed by atoms with Gasteiger partial charge in [0.2, 0.25) is 5.91 Å². The van der Waals surface area contributed by atoms with Crippen LogP contribution >= 0.6 is 11.6 Å². The Morgan fingerprint density at radius 1 is 1.20 bits per heavy atom. The topological polar surface area (TPSA) is 125 Å². The average Bonchev–Trinajstić information content (AvgIpc) is 3.69. The number of piperidine rings is 1. The molecule has 0 atom stereocenters. The minimum Gasteiger partial charge on any atom is -0.434 e. The number of halogens is 3. The molecule has 1 aromatic carbocycles. The molecule has 2 aliphatic heterocycles. The van der Waals surface area contributed by atoms with E-state index in [1.165, 1.54) is 46.0 Å². The standard InChI is InChI=1S/C26H24ClF2N7O5/c27-16-2-3-20(41-25(28)29)17(12-16)22-19(32-24(38)18-13-31-36-7-1-6-30-23(18)36)14-35(33-22)15-21(37)34-8-4-26(5-9-34)39-10-11-40-26/h1-3,6-7,12-14,25H,4-5,8-11,15H2,(H,32,38). The molecule has 5 heterocycles. The molecule has 2 aliphatic rings. The fraction of sp³-hybridized carbons (Fsp3) is 0.346. The normalized spacial score (nSPS) is 16.5. The van der Waals surface area contributed by atoms with E-state index in [-0.39, 0.29) is 45.7 Å². The molecule has 0 saturated carbocycles. The Labute approximate surface area is 236 Å². The summed E-state index contributed by atoms with van der Waals surface area (Å²) in [6.07, 6.45) is 7.07. The minimum absolute atomic E-state index is 0.0825. The predicted molar refractivity (Wildman–Crippen MR) is 141 cm³/mol. The van der Waals surface area contributed by atoms with Crippen molar-refractivity contribution in [1.82, 2.24) is 29.3 Å². The molecule has 6 rings (SSSR count). The summed E-state index contributed by atoms with van der Waals surface area (Å²) in [5, 5.41) is 11.6. The highest BCUT2D eigenvalue weighted by molar-refractivity contribution is 6.31. The van der Waals surface area contributed by atoms with Gasteiger partial charge in [0, 0.05) is 55.1 Å². The molecule has 1 N–H and O–H groups in total. The summed E-state index contributed by atoms with van der Waals surface area (Å²) in [7, 11) is 0. The fourth-order valence-electron chi connectivity index (χ4n) is 4.98. The highest BCUT2D eigenvalue weighted by Gasteiger charge is 2.40. The summed E-state index contributed by atoms with van der Waals surface area (Å²) in [6.45, 7) is -1.33. The first-order valence-electron chi connectivity index (χ1n) is 12.8. The molecule has 2 amide bonds. The van der Waals surface area contributed by atoms with E-state index in [2.05, 4.69) is 20.5 Å². The summed E-state index contributed by atoms with van der Waals surface area (Å²) in [5.41, 5.74) is 0.822. The molecule has 3 aromatic heterocycles. The maximum atomic E-state index is 13.3. The van der Waals surface area contributed by atoms with Crippen molar-refractivity contribution in [2.75, 3.05) is 31.6 Å². The number of hydrogen-bond donors (Lipinski definition) is 1. The van der Waals surface area contributed by atoms with Crippen LogP contribution in [-0.4, -0.2) is 79.8 Å². The summed E-state index contributed by atoms with van der Waals surface area (Å²) in [4.78, 5) is 32.3. The molecule has 0 radical (unpaired) electrons. The highest BCUT2D eigenvalue weighted by Crippen LogP contribution is 2.37. The number of alkyl halides is 2. The molecule has 41 heavy (non-hydrogen) atoms. The van der Waals surface area contributed by atoms with Gasteiger partial charge in [0.15, 0.2) is 11.4 Å². The molecule has 0 aliphatic carbocycles. The number of nitrogens with one attached hydrogen (secondary N) is 1. The smallest absolute Gasteiger partial charge is 0.387 e. The molecular formula is C26H24ClF2N7O5. The molecule has 2 saturated heterocycles. The van der Waals surface area contributed by atoms with Crippen LogP contribution in [-0.2, 0) is 20.8 Å². The number of hydrogen-bond acceptors (Lipinski definition) is 8. The van der Waals surface area contributed by atoms with Crippen molar-refractivity contribution in [1.29, 1.82) is 0 Å². The lowest BCUT2D eigenvalue weighted by atomic mass is 10.0. The molecule has 0 unspecified atom stereocenters. The number of rotatable bonds is 7. The summed E-state index contributed by atoms with van der Waals surface area (Å²) in [6, 6.07) is 5.74. The average molecular weight is 588 g/mol. The van der Waals surface area contributed by atoms with Gasteiger partial charge in [-0.05, 0) is 24.3 Å². The van der Waals surface area contributed by atoms with Crippen LogP contribution in [0.2, 0.25) is 5.02 Å². The number of aromatic nitrogens is 5. The first-order chi connectivity index (χ1) is 19.8. The van der Waals surface area contributed by atoms with E-state index in [0.717, 1.165) is 0 Å². The molecular weight excluding hydrogens is 564 g/mol. The number of carbonyl (C=O) groups excluding carboxylic acids is 2. The number of amides is 2.